The number of anilines is 1. The van der Waals surface area contributed by atoms with Crippen molar-refractivity contribution in [1.82, 2.24) is 14.8 Å². The van der Waals surface area contributed by atoms with Gasteiger partial charge >= 0.3 is 0 Å². The molecule has 1 amide bonds. The predicted octanol–water partition coefficient (Wildman–Crippen LogP) is 3.60. The van der Waals surface area contributed by atoms with Crippen LogP contribution in [0.25, 0.3) is 11.4 Å². The summed E-state index contributed by atoms with van der Waals surface area (Å²) in [5, 5.41) is 11.8. The van der Waals surface area contributed by atoms with Crippen LogP contribution in [0.15, 0.2) is 53.7 Å². The van der Waals surface area contributed by atoms with Gasteiger partial charge < -0.3 is 9.88 Å². The number of benzene rings is 2. The highest BCUT2D eigenvalue weighted by molar-refractivity contribution is 7.98. The lowest BCUT2D eigenvalue weighted by molar-refractivity contribution is 0.102. The van der Waals surface area contributed by atoms with Crippen molar-refractivity contribution in [3.05, 3.63) is 59.9 Å². The van der Waals surface area contributed by atoms with E-state index in [2.05, 4.69) is 15.5 Å². The van der Waals surface area contributed by atoms with Crippen LogP contribution in [0.1, 0.15) is 10.4 Å². The minimum atomic E-state index is -0.546. The molecule has 2 aromatic carbocycles. The Kier molecular flexibility index (Phi) is 4.61. The van der Waals surface area contributed by atoms with Gasteiger partial charge in [-0.15, -0.1) is 10.2 Å². The van der Waals surface area contributed by atoms with Crippen molar-refractivity contribution in [2.75, 3.05) is 11.6 Å². The molecule has 0 spiro atoms. The molecule has 122 valence electrons. The normalized spacial score (nSPS) is 10.6. The average Bonchev–Trinajstić information content (AvgIpc) is 2.96. The molecule has 0 atom stereocenters. The Morgan fingerprint density at radius 3 is 2.46 bits per heavy atom. The van der Waals surface area contributed by atoms with E-state index in [1.54, 1.807) is 24.3 Å². The second-order valence-corrected chi connectivity index (χ2v) is 5.85. The van der Waals surface area contributed by atoms with E-state index >= 15 is 0 Å². The molecule has 3 aromatic rings. The fourth-order valence-electron chi connectivity index (χ4n) is 2.29. The molecule has 0 fully saturated rings. The Hall–Kier alpha value is -2.67. The van der Waals surface area contributed by atoms with Crippen LogP contribution in [0.2, 0.25) is 0 Å². The summed E-state index contributed by atoms with van der Waals surface area (Å²) in [7, 11) is 1.90. The number of aromatic nitrogens is 3. The summed E-state index contributed by atoms with van der Waals surface area (Å²) in [6.45, 7) is 0. The second-order valence-electron chi connectivity index (χ2n) is 5.08. The van der Waals surface area contributed by atoms with E-state index < -0.39 is 11.7 Å². The SMILES string of the molecule is CSc1nnc(-c2ccc(NC(=O)c3ccccc3F)cc2)n1C. The second kappa shape index (κ2) is 6.84. The van der Waals surface area contributed by atoms with Crippen LogP contribution >= 0.6 is 11.8 Å². The summed E-state index contributed by atoms with van der Waals surface area (Å²) in [6, 6.07) is 13.1. The molecule has 1 N–H and O–H groups in total. The van der Waals surface area contributed by atoms with Gasteiger partial charge in [-0.25, -0.2) is 4.39 Å². The summed E-state index contributed by atoms with van der Waals surface area (Å²) in [6.07, 6.45) is 1.94. The number of amides is 1. The quantitative estimate of drug-likeness (QED) is 0.736. The van der Waals surface area contributed by atoms with E-state index in [0.717, 1.165) is 16.5 Å². The number of rotatable bonds is 4. The number of halogens is 1. The van der Waals surface area contributed by atoms with Crippen molar-refractivity contribution in [1.29, 1.82) is 0 Å². The van der Waals surface area contributed by atoms with E-state index in [1.807, 2.05) is 30.0 Å². The van der Waals surface area contributed by atoms with Gasteiger partial charge in [0.15, 0.2) is 11.0 Å². The van der Waals surface area contributed by atoms with Crippen LogP contribution in [-0.2, 0) is 7.05 Å². The lowest BCUT2D eigenvalue weighted by Gasteiger charge is -2.07. The number of nitrogens with one attached hydrogen (secondary N) is 1. The molecule has 7 heteroatoms. The van der Waals surface area contributed by atoms with Crippen molar-refractivity contribution < 1.29 is 9.18 Å². The Labute approximate surface area is 142 Å². The summed E-state index contributed by atoms with van der Waals surface area (Å²) >= 11 is 1.52. The van der Waals surface area contributed by atoms with Gasteiger partial charge in [-0.2, -0.15) is 0 Å². The topological polar surface area (TPSA) is 59.8 Å². The molecular formula is C17H15FN4OS. The van der Waals surface area contributed by atoms with Crippen LogP contribution in [0.3, 0.4) is 0 Å². The maximum Gasteiger partial charge on any atom is 0.258 e. The number of hydrogen-bond donors (Lipinski definition) is 1. The lowest BCUT2D eigenvalue weighted by Crippen LogP contribution is -2.13. The van der Waals surface area contributed by atoms with E-state index in [0.29, 0.717) is 5.69 Å². The number of hydrogen-bond acceptors (Lipinski definition) is 4. The monoisotopic (exact) mass is 342 g/mol. The smallest absolute Gasteiger partial charge is 0.258 e. The maximum absolute atomic E-state index is 13.6. The largest absolute Gasteiger partial charge is 0.322 e. The van der Waals surface area contributed by atoms with Gasteiger partial charge in [-0.05, 0) is 42.7 Å². The number of nitrogens with zero attached hydrogens (tertiary/aromatic N) is 3. The number of carbonyl (C=O) groups is 1. The fourth-order valence-corrected chi connectivity index (χ4v) is 2.77. The molecule has 3 rings (SSSR count). The van der Waals surface area contributed by atoms with Crippen molar-refractivity contribution in [2.45, 2.75) is 5.16 Å². The van der Waals surface area contributed by atoms with E-state index in [4.69, 9.17) is 0 Å². The van der Waals surface area contributed by atoms with Crippen LogP contribution in [0.4, 0.5) is 10.1 Å². The lowest BCUT2D eigenvalue weighted by atomic mass is 10.1. The molecule has 24 heavy (non-hydrogen) atoms. The third-order valence-corrected chi connectivity index (χ3v) is 4.26. The predicted molar refractivity (Wildman–Crippen MR) is 92.6 cm³/mol. The summed E-state index contributed by atoms with van der Waals surface area (Å²) in [5.41, 5.74) is 1.48. The highest BCUT2D eigenvalue weighted by Crippen LogP contribution is 2.23. The molecular weight excluding hydrogens is 327 g/mol. The first-order valence-electron chi connectivity index (χ1n) is 7.20. The van der Waals surface area contributed by atoms with Gasteiger partial charge in [0.05, 0.1) is 5.56 Å². The molecule has 1 aromatic heterocycles. The van der Waals surface area contributed by atoms with Crippen LogP contribution < -0.4 is 5.32 Å². The van der Waals surface area contributed by atoms with Crippen molar-refractivity contribution in [3.8, 4) is 11.4 Å². The number of carbonyl (C=O) groups excluding carboxylic acids is 1. The third kappa shape index (κ3) is 3.16. The molecule has 5 nitrogen and oxygen atoms in total. The zero-order chi connectivity index (χ0) is 17.1. The molecule has 0 radical (unpaired) electrons. The molecule has 0 saturated carbocycles. The summed E-state index contributed by atoms with van der Waals surface area (Å²) in [5.74, 6) is -0.286. The first-order valence-corrected chi connectivity index (χ1v) is 8.42. The molecule has 0 unspecified atom stereocenters. The standard InChI is InChI=1S/C17H15FN4OS/c1-22-15(20-21-17(22)24-2)11-7-9-12(10-8-11)19-16(23)13-5-3-4-6-14(13)18/h3-10H,1-2H3,(H,19,23). The van der Waals surface area contributed by atoms with Crippen LogP contribution in [0, 0.1) is 5.82 Å². The molecule has 0 saturated heterocycles. The first kappa shape index (κ1) is 16.2. The highest BCUT2D eigenvalue weighted by Gasteiger charge is 2.12. The van der Waals surface area contributed by atoms with Crippen molar-refractivity contribution in [2.24, 2.45) is 7.05 Å². The van der Waals surface area contributed by atoms with Gasteiger partial charge in [0, 0.05) is 18.3 Å². The molecule has 1 heterocycles. The van der Waals surface area contributed by atoms with Gasteiger partial charge in [0.2, 0.25) is 0 Å². The molecule has 0 aliphatic rings. The van der Waals surface area contributed by atoms with Crippen molar-refractivity contribution >= 4 is 23.4 Å². The maximum atomic E-state index is 13.6. The van der Waals surface area contributed by atoms with Gasteiger partial charge in [0.1, 0.15) is 5.82 Å². The summed E-state index contributed by atoms with van der Waals surface area (Å²) in [4.78, 5) is 12.1. The van der Waals surface area contributed by atoms with Crippen LogP contribution in [0.5, 0.6) is 0 Å². The molecule has 0 bridgehead atoms. The first-order chi connectivity index (χ1) is 11.6. The third-order valence-electron chi connectivity index (χ3n) is 3.54. The van der Waals surface area contributed by atoms with E-state index in [1.165, 1.54) is 23.9 Å². The van der Waals surface area contributed by atoms with Gasteiger partial charge in [-0.3, -0.25) is 4.79 Å². The average molecular weight is 342 g/mol. The fraction of sp³-hybridized carbons (Fsp3) is 0.118. The zero-order valence-electron chi connectivity index (χ0n) is 13.2. The Morgan fingerprint density at radius 2 is 1.83 bits per heavy atom. The van der Waals surface area contributed by atoms with Crippen LogP contribution in [-0.4, -0.2) is 26.9 Å². The Bertz CT molecular complexity index is 877. The Morgan fingerprint density at radius 1 is 1.12 bits per heavy atom. The van der Waals surface area contributed by atoms with Crippen molar-refractivity contribution in [3.63, 3.8) is 0 Å². The van der Waals surface area contributed by atoms with Gasteiger partial charge in [-0.1, -0.05) is 23.9 Å². The zero-order valence-corrected chi connectivity index (χ0v) is 14.0. The minimum absolute atomic E-state index is 0.0134. The van der Waals surface area contributed by atoms with Gasteiger partial charge in [0.25, 0.3) is 5.91 Å². The highest BCUT2D eigenvalue weighted by atomic mass is 32.2. The molecule has 0 aliphatic carbocycles. The summed E-state index contributed by atoms with van der Waals surface area (Å²) < 4.78 is 15.5. The van der Waals surface area contributed by atoms with E-state index in [9.17, 15) is 9.18 Å². The Balaban J connectivity index is 1.79. The number of thioether (sulfide) groups is 1. The minimum Gasteiger partial charge on any atom is -0.322 e. The van der Waals surface area contributed by atoms with E-state index in [-0.39, 0.29) is 5.56 Å². The molecule has 0 aliphatic heterocycles.